The fraction of sp³-hybridized carbons (Fsp3) is 0.111. The summed E-state index contributed by atoms with van der Waals surface area (Å²) in [5, 5.41) is 0. The van der Waals surface area contributed by atoms with Gasteiger partial charge in [0.2, 0.25) is 6.79 Å². The van der Waals surface area contributed by atoms with E-state index in [9.17, 15) is 0 Å². The summed E-state index contributed by atoms with van der Waals surface area (Å²) >= 11 is 0. The molecule has 0 atom stereocenters. The standard InChI is InChI=1S/C27H24O4/c1-3-7-22(8-4-1)19-28-24-11-15-26(16-12-24)30-21-31-27-17-13-25(14-18-27)29-20-23-9-5-2-6-10-23/h1-18H,19-21H2. The molecule has 0 aliphatic heterocycles. The molecule has 0 unspecified atom stereocenters. The van der Waals surface area contributed by atoms with Gasteiger partial charge in [0.15, 0.2) is 0 Å². The highest BCUT2D eigenvalue weighted by Gasteiger charge is 2.00. The molecule has 0 bridgehead atoms. The van der Waals surface area contributed by atoms with E-state index in [0.717, 1.165) is 34.1 Å². The molecular weight excluding hydrogens is 388 g/mol. The van der Waals surface area contributed by atoms with Gasteiger partial charge >= 0.3 is 0 Å². The van der Waals surface area contributed by atoms with Crippen LogP contribution in [0, 0.1) is 0 Å². The first-order chi connectivity index (χ1) is 15.3. The fourth-order valence-electron chi connectivity index (χ4n) is 2.91. The van der Waals surface area contributed by atoms with Crippen molar-refractivity contribution in [3.05, 3.63) is 120 Å². The number of rotatable bonds is 10. The van der Waals surface area contributed by atoms with Gasteiger partial charge in [-0.25, -0.2) is 0 Å². The SMILES string of the molecule is c1ccc(COc2ccc(OCOc3ccc(OCc4ccccc4)cc3)cc2)cc1. The van der Waals surface area contributed by atoms with Crippen molar-refractivity contribution >= 4 is 0 Å². The van der Waals surface area contributed by atoms with Crippen molar-refractivity contribution in [2.45, 2.75) is 13.2 Å². The minimum absolute atomic E-state index is 0.119. The predicted octanol–water partition coefficient (Wildman–Crippen LogP) is 6.26. The molecule has 0 radical (unpaired) electrons. The van der Waals surface area contributed by atoms with Crippen molar-refractivity contribution in [1.29, 1.82) is 0 Å². The Hall–Kier alpha value is -3.92. The average molecular weight is 412 g/mol. The van der Waals surface area contributed by atoms with Crippen molar-refractivity contribution < 1.29 is 18.9 Å². The first kappa shape index (κ1) is 20.4. The molecule has 4 aromatic carbocycles. The van der Waals surface area contributed by atoms with E-state index in [1.807, 2.05) is 109 Å². The zero-order valence-electron chi connectivity index (χ0n) is 17.1. The van der Waals surface area contributed by atoms with Crippen LogP contribution < -0.4 is 18.9 Å². The molecule has 0 N–H and O–H groups in total. The van der Waals surface area contributed by atoms with E-state index >= 15 is 0 Å². The first-order valence-electron chi connectivity index (χ1n) is 10.1. The molecule has 0 heterocycles. The molecule has 0 saturated heterocycles. The van der Waals surface area contributed by atoms with Crippen molar-refractivity contribution in [3.8, 4) is 23.0 Å². The van der Waals surface area contributed by atoms with E-state index in [-0.39, 0.29) is 6.79 Å². The summed E-state index contributed by atoms with van der Waals surface area (Å²) in [7, 11) is 0. The lowest BCUT2D eigenvalue weighted by molar-refractivity contribution is 0.119. The second kappa shape index (κ2) is 10.7. The molecule has 0 aliphatic rings. The van der Waals surface area contributed by atoms with Crippen LogP contribution in [0.2, 0.25) is 0 Å². The highest BCUT2D eigenvalue weighted by molar-refractivity contribution is 5.33. The van der Waals surface area contributed by atoms with Gasteiger partial charge in [0, 0.05) is 0 Å². The molecule has 0 fully saturated rings. The van der Waals surface area contributed by atoms with Crippen LogP contribution in [0.5, 0.6) is 23.0 Å². The van der Waals surface area contributed by atoms with Crippen molar-refractivity contribution in [2.75, 3.05) is 6.79 Å². The van der Waals surface area contributed by atoms with Gasteiger partial charge < -0.3 is 18.9 Å². The van der Waals surface area contributed by atoms with Crippen LogP contribution >= 0.6 is 0 Å². The van der Waals surface area contributed by atoms with E-state index in [1.54, 1.807) is 0 Å². The minimum Gasteiger partial charge on any atom is -0.489 e. The van der Waals surface area contributed by atoms with Gasteiger partial charge in [-0.1, -0.05) is 60.7 Å². The third kappa shape index (κ3) is 6.54. The van der Waals surface area contributed by atoms with Gasteiger partial charge in [0.25, 0.3) is 0 Å². The summed E-state index contributed by atoms with van der Waals surface area (Å²) in [6.45, 7) is 1.19. The van der Waals surface area contributed by atoms with Crippen LogP contribution in [0.15, 0.2) is 109 Å². The largest absolute Gasteiger partial charge is 0.489 e. The third-order valence-corrected chi connectivity index (χ3v) is 4.60. The number of hydrogen-bond donors (Lipinski definition) is 0. The van der Waals surface area contributed by atoms with Gasteiger partial charge in [0.05, 0.1) is 0 Å². The van der Waals surface area contributed by atoms with E-state index in [1.165, 1.54) is 0 Å². The second-order valence-corrected chi connectivity index (χ2v) is 6.90. The summed E-state index contributed by atoms with van der Waals surface area (Å²) in [5.74, 6) is 3.02. The van der Waals surface area contributed by atoms with Crippen molar-refractivity contribution in [1.82, 2.24) is 0 Å². The van der Waals surface area contributed by atoms with E-state index < -0.39 is 0 Å². The molecule has 0 saturated carbocycles. The molecule has 4 aromatic rings. The molecular formula is C27H24O4. The van der Waals surface area contributed by atoms with Crippen LogP contribution in [0.25, 0.3) is 0 Å². The third-order valence-electron chi connectivity index (χ3n) is 4.60. The summed E-state index contributed by atoms with van der Waals surface area (Å²) in [5.41, 5.74) is 2.26. The molecule has 0 amide bonds. The smallest absolute Gasteiger partial charge is 0.230 e. The zero-order valence-corrected chi connectivity index (χ0v) is 17.1. The Bertz CT molecular complexity index is 943. The molecule has 4 nitrogen and oxygen atoms in total. The normalized spacial score (nSPS) is 10.3. The maximum Gasteiger partial charge on any atom is 0.230 e. The topological polar surface area (TPSA) is 36.9 Å². The van der Waals surface area contributed by atoms with E-state index in [4.69, 9.17) is 18.9 Å². The Labute approximate surface area is 182 Å². The fourth-order valence-corrected chi connectivity index (χ4v) is 2.91. The number of hydrogen-bond acceptors (Lipinski definition) is 4. The molecule has 0 aromatic heterocycles. The lowest BCUT2D eigenvalue weighted by Gasteiger charge is -2.11. The minimum atomic E-state index is 0.119. The van der Waals surface area contributed by atoms with E-state index in [0.29, 0.717) is 13.2 Å². The Morgan fingerprint density at radius 3 is 1.03 bits per heavy atom. The number of benzene rings is 4. The highest BCUT2D eigenvalue weighted by Crippen LogP contribution is 2.21. The lowest BCUT2D eigenvalue weighted by atomic mass is 10.2. The van der Waals surface area contributed by atoms with Crippen molar-refractivity contribution in [2.24, 2.45) is 0 Å². The molecule has 4 heteroatoms. The summed E-state index contributed by atoms with van der Waals surface area (Å²) < 4.78 is 22.9. The lowest BCUT2D eigenvalue weighted by Crippen LogP contribution is -2.05. The maximum absolute atomic E-state index is 5.78. The Kier molecular flexibility index (Phi) is 7.05. The molecule has 0 spiro atoms. The summed E-state index contributed by atoms with van der Waals surface area (Å²) in [4.78, 5) is 0. The van der Waals surface area contributed by atoms with Gasteiger partial charge in [-0.05, 0) is 59.7 Å². The van der Waals surface area contributed by atoms with Crippen molar-refractivity contribution in [3.63, 3.8) is 0 Å². The summed E-state index contributed by atoms with van der Waals surface area (Å²) in [6, 6.07) is 35.1. The molecule has 0 aliphatic carbocycles. The maximum atomic E-state index is 5.78. The first-order valence-corrected chi connectivity index (χ1v) is 10.1. The predicted molar refractivity (Wildman–Crippen MR) is 121 cm³/mol. The van der Waals surface area contributed by atoms with Crippen LogP contribution in [-0.4, -0.2) is 6.79 Å². The Morgan fingerprint density at radius 1 is 0.355 bits per heavy atom. The second-order valence-electron chi connectivity index (χ2n) is 6.90. The number of ether oxygens (including phenoxy) is 4. The monoisotopic (exact) mass is 412 g/mol. The Balaban J connectivity index is 1.18. The zero-order chi connectivity index (χ0) is 21.1. The van der Waals surface area contributed by atoms with E-state index in [2.05, 4.69) is 0 Å². The highest BCUT2D eigenvalue weighted by atomic mass is 16.7. The van der Waals surface area contributed by atoms with Crippen LogP contribution in [0.4, 0.5) is 0 Å². The van der Waals surface area contributed by atoms with Crippen LogP contribution in [0.3, 0.4) is 0 Å². The summed E-state index contributed by atoms with van der Waals surface area (Å²) in [6.07, 6.45) is 0. The quantitative estimate of drug-likeness (QED) is 0.288. The van der Waals surface area contributed by atoms with Gasteiger partial charge in [-0.3, -0.25) is 0 Å². The molecule has 4 rings (SSSR count). The molecule has 156 valence electrons. The van der Waals surface area contributed by atoms with Gasteiger partial charge in [-0.15, -0.1) is 0 Å². The van der Waals surface area contributed by atoms with Gasteiger partial charge in [0.1, 0.15) is 36.2 Å². The Morgan fingerprint density at radius 2 is 0.677 bits per heavy atom. The molecule has 31 heavy (non-hydrogen) atoms. The van der Waals surface area contributed by atoms with Crippen LogP contribution in [-0.2, 0) is 13.2 Å². The van der Waals surface area contributed by atoms with Crippen LogP contribution in [0.1, 0.15) is 11.1 Å². The average Bonchev–Trinajstić information content (AvgIpc) is 2.84. The van der Waals surface area contributed by atoms with Gasteiger partial charge in [-0.2, -0.15) is 0 Å².